The zero-order chi connectivity index (χ0) is 16.6. The van der Waals surface area contributed by atoms with Crippen LogP contribution >= 0.6 is 0 Å². The first kappa shape index (κ1) is 20.1. The van der Waals surface area contributed by atoms with Crippen molar-refractivity contribution in [2.45, 2.75) is 77.0 Å². The normalized spacial score (nSPS) is 12.0. The molecule has 0 spiro atoms. The van der Waals surface area contributed by atoms with Crippen molar-refractivity contribution in [3.63, 3.8) is 0 Å². The lowest BCUT2D eigenvalue weighted by atomic mass is 10.0. The Bertz CT molecular complexity index is 410. The highest BCUT2D eigenvalue weighted by Gasteiger charge is 2.07. The van der Waals surface area contributed by atoms with Crippen molar-refractivity contribution in [2.75, 3.05) is 12.0 Å². The van der Waals surface area contributed by atoms with Crippen LogP contribution in [0.3, 0.4) is 0 Å². The summed E-state index contributed by atoms with van der Waals surface area (Å²) >= 11 is 0. The van der Waals surface area contributed by atoms with Crippen molar-refractivity contribution >= 4 is 10.9 Å². The van der Waals surface area contributed by atoms with Crippen LogP contribution in [-0.2, 0) is 17.3 Å². The Labute approximate surface area is 146 Å². The molecule has 1 unspecified atom stereocenters. The molecule has 0 aromatic heterocycles. The fraction of sp³-hybridized carbons (Fsp3) is 0.667. The standard InChI is InChI=1S/C21H34NS/c1-23(20-22)19-15-10-8-6-4-2-3-5-7-9-12-16-21-17-13-11-14-18-21/h11,13-14,17-18H,2-10,12,15-16,19H2,1H3/q+1. The maximum atomic E-state index is 8.73. The van der Waals surface area contributed by atoms with Crippen LogP contribution in [-0.4, -0.2) is 12.0 Å². The fourth-order valence-corrected chi connectivity index (χ4v) is 3.66. The molecule has 0 saturated carbocycles. The van der Waals surface area contributed by atoms with Gasteiger partial charge in [-0.25, -0.2) is 0 Å². The largest absolute Gasteiger partial charge is 0.318 e. The van der Waals surface area contributed by atoms with Gasteiger partial charge in [-0.1, -0.05) is 81.7 Å². The molecule has 0 saturated heterocycles. The maximum absolute atomic E-state index is 8.73. The van der Waals surface area contributed by atoms with Crippen LogP contribution in [0.2, 0.25) is 0 Å². The molecule has 1 nitrogen and oxygen atoms in total. The van der Waals surface area contributed by atoms with Gasteiger partial charge in [-0.05, 0) is 31.2 Å². The summed E-state index contributed by atoms with van der Waals surface area (Å²) in [5.41, 5.74) is 1.48. The summed E-state index contributed by atoms with van der Waals surface area (Å²) in [6, 6.07) is 10.8. The summed E-state index contributed by atoms with van der Waals surface area (Å²) < 4.78 is 0. The molecule has 0 aliphatic carbocycles. The van der Waals surface area contributed by atoms with E-state index in [1.807, 2.05) is 0 Å². The minimum absolute atomic E-state index is 0.00164. The minimum Gasteiger partial charge on any atom is -0.136 e. The van der Waals surface area contributed by atoms with Crippen molar-refractivity contribution in [3.05, 3.63) is 35.9 Å². The van der Waals surface area contributed by atoms with Crippen molar-refractivity contribution in [1.82, 2.24) is 0 Å². The molecule has 1 rings (SSSR count). The van der Waals surface area contributed by atoms with E-state index in [1.54, 1.807) is 0 Å². The Kier molecular flexibility index (Phi) is 12.8. The molecule has 0 N–H and O–H groups in total. The molecular formula is C21H34NS+. The molecule has 0 amide bonds. The van der Waals surface area contributed by atoms with Crippen molar-refractivity contribution < 1.29 is 0 Å². The second-order valence-corrected chi connectivity index (χ2v) is 8.42. The molecular weight excluding hydrogens is 298 g/mol. The average Bonchev–Trinajstić information content (AvgIpc) is 2.59. The smallest absolute Gasteiger partial charge is 0.136 e. The Morgan fingerprint density at radius 2 is 1.22 bits per heavy atom. The van der Waals surface area contributed by atoms with Crippen molar-refractivity contribution in [3.8, 4) is 5.40 Å². The Morgan fingerprint density at radius 3 is 1.74 bits per heavy atom. The number of benzene rings is 1. The maximum Gasteiger partial charge on any atom is 0.318 e. The zero-order valence-corrected chi connectivity index (χ0v) is 15.8. The van der Waals surface area contributed by atoms with Gasteiger partial charge in [0, 0.05) is 0 Å². The molecule has 0 heterocycles. The lowest BCUT2D eigenvalue weighted by molar-refractivity contribution is 0.550. The SMILES string of the molecule is C[S+](C#N)CCCCCCCCCCCCCc1ccccc1. The highest BCUT2D eigenvalue weighted by molar-refractivity contribution is 8.00. The van der Waals surface area contributed by atoms with Crippen LogP contribution in [0, 0.1) is 10.7 Å². The van der Waals surface area contributed by atoms with E-state index in [-0.39, 0.29) is 10.9 Å². The van der Waals surface area contributed by atoms with Gasteiger partial charge in [0.25, 0.3) is 0 Å². The lowest BCUT2D eigenvalue weighted by Gasteiger charge is -2.03. The van der Waals surface area contributed by atoms with Crippen LogP contribution in [0.5, 0.6) is 0 Å². The first-order valence-corrected chi connectivity index (χ1v) is 11.2. The number of nitriles is 1. The second kappa shape index (κ2) is 14.6. The van der Waals surface area contributed by atoms with Gasteiger partial charge in [0.15, 0.2) is 0 Å². The first-order valence-electron chi connectivity index (χ1n) is 9.39. The van der Waals surface area contributed by atoms with Gasteiger partial charge in [-0.3, -0.25) is 0 Å². The Hall–Kier alpha value is -0.940. The van der Waals surface area contributed by atoms with Gasteiger partial charge in [0.05, 0.1) is 10.9 Å². The third-order valence-corrected chi connectivity index (χ3v) is 5.63. The molecule has 1 aromatic carbocycles. The number of rotatable bonds is 14. The van der Waals surface area contributed by atoms with Gasteiger partial charge < -0.3 is 0 Å². The topological polar surface area (TPSA) is 23.8 Å². The first-order chi connectivity index (χ1) is 11.3. The molecule has 0 aliphatic rings. The molecule has 0 aliphatic heterocycles. The van der Waals surface area contributed by atoms with E-state index < -0.39 is 0 Å². The van der Waals surface area contributed by atoms with E-state index in [0.29, 0.717) is 0 Å². The Balaban J connectivity index is 1.76. The van der Waals surface area contributed by atoms with E-state index in [0.717, 1.165) is 5.75 Å². The van der Waals surface area contributed by atoms with E-state index in [4.69, 9.17) is 5.26 Å². The lowest BCUT2D eigenvalue weighted by Crippen LogP contribution is -2.00. The van der Waals surface area contributed by atoms with Gasteiger partial charge in [-0.2, -0.15) is 0 Å². The fourth-order valence-electron chi connectivity index (χ4n) is 2.93. The molecule has 23 heavy (non-hydrogen) atoms. The van der Waals surface area contributed by atoms with E-state index in [2.05, 4.69) is 42.0 Å². The highest BCUT2D eigenvalue weighted by atomic mass is 32.2. The molecule has 0 radical (unpaired) electrons. The summed E-state index contributed by atoms with van der Waals surface area (Å²) in [5.74, 6) is 1.11. The van der Waals surface area contributed by atoms with E-state index in [1.165, 1.54) is 82.6 Å². The summed E-state index contributed by atoms with van der Waals surface area (Å²) in [4.78, 5) is 0. The van der Waals surface area contributed by atoms with Crippen LogP contribution in [0.1, 0.15) is 76.2 Å². The predicted molar refractivity (Wildman–Crippen MR) is 105 cm³/mol. The third-order valence-electron chi connectivity index (χ3n) is 4.41. The van der Waals surface area contributed by atoms with Gasteiger partial charge in [0.1, 0.15) is 12.0 Å². The molecule has 128 valence electrons. The van der Waals surface area contributed by atoms with Crippen LogP contribution in [0.15, 0.2) is 30.3 Å². The van der Waals surface area contributed by atoms with Crippen molar-refractivity contribution in [2.24, 2.45) is 0 Å². The highest BCUT2D eigenvalue weighted by Crippen LogP contribution is 2.13. The summed E-state index contributed by atoms with van der Waals surface area (Å²) in [7, 11) is 0.00164. The number of hydrogen-bond acceptors (Lipinski definition) is 1. The van der Waals surface area contributed by atoms with Gasteiger partial charge in [0.2, 0.25) is 0 Å². The number of nitrogens with zero attached hydrogens (tertiary/aromatic N) is 1. The number of hydrogen-bond donors (Lipinski definition) is 0. The summed E-state index contributed by atoms with van der Waals surface area (Å²) in [5, 5.41) is 11.1. The number of thiocyanates is 1. The zero-order valence-electron chi connectivity index (χ0n) is 14.9. The van der Waals surface area contributed by atoms with Gasteiger partial charge in [-0.15, -0.1) is 5.26 Å². The molecule has 0 fully saturated rings. The van der Waals surface area contributed by atoms with Gasteiger partial charge >= 0.3 is 5.40 Å². The van der Waals surface area contributed by atoms with Crippen LogP contribution in [0.25, 0.3) is 0 Å². The molecule has 1 aromatic rings. The van der Waals surface area contributed by atoms with E-state index in [9.17, 15) is 0 Å². The number of unbranched alkanes of at least 4 members (excludes halogenated alkanes) is 10. The minimum atomic E-state index is 0.00164. The van der Waals surface area contributed by atoms with Crippen LogP contribution < -0.4 is 0 Å². The number of aryl methyl sites for hydroxylation is 1. The van der Waals surface area contributed by atoms with Crippen molar-refractivity contribution in [1.29, 1.82) is 5.26 Å². The summed E-state index contributed by atoms with van der Waals surface area (Å²) in [6.45, 7) is 0. The second-order valence-electron chi connectivity index (χ2n) is 6.56. The average molecular weight is 333 g/mol. The monoisotopic (exact) mass is 332 g/mol. The molecule has 1 atom stereocenters. The summed E-state index contributed by atoms with van der Waals surface area (Å²) in [6.07, 6.45) is 18.4. The molecule has 2 heteroatoms. The molecule has 0 bridgehead atoms. The third kappa shape index (κ3) is 12.2. The Morgan fingerprint density at radius 1 is 0.739 bits per heavy atom. The predicted octanol–water partition coefficient (Wildman–Crippen LogP) is 6.25. The van der Waals surface area contributed by atoms with E-state index >= 15 is 0 Å². The quantitative estimate of drug-likeness (QED) is 0.224. The van der Waals surface area contributed by atoms with Crippen LogP contribution in [0.4, 0.5) is 0 Å².